The molecule has 1 atom stereocenters. The van der Waals surface area contributed by atoms with E-state index in [1.165, 1.54) is 13.2 Å². The molecule has 1 aromatic carbocycles. The highest BCUT2D eigenvalue weighted by Crippen LogP contribution is 2.26. The summed E-state index contributed by atoms with van der Waals surface area (Å²) in [4.78, 5) is 0. The molecule has 2 N–H and O–H groups in total. The Balaban J connectivity index is 2.75. The SMILES string of the molecule is CCCNCc1cc(OC)ccc1OCC(O)C(F)(F)F. The maximum Gasteiger partial charge on any atom is 0.417 e. The Morgan fingerprint density at radius 3 is 2.62 bits per heavy atom. The summed E-state index contributed by atoms with van der Waals surface area (Å²) in [6.07, 6.45) is -6.25. The van der Waals surface area contributed by atoms with Crippen LogP contribution in [-0.2, 0) is 6.54 Å². The van der Waals surface area contributed by atoms with E-state index in [1.54, 1.807) is 12.1 Å². The lowest BCUT2D eigenvalue weighted by molar-refractivity contribution is -0.210. The van der Waals surface area contributed by atoms with Gasteiger partial charge in [0, 0.05) is 12.1 Å². The van der Waals surface area contributed by atoms with Crippen molar-refractivity contribution in [3.8, 4) is 11.5 Å². The average molecular weight is 307 g/mol. The molecule has 120 valence electrons. The van der Waals surface area contributed by atoms with Crippen LogP contribution in [0.15, 0.2) is 18.2 Å². The van der Waals surface area contributed by atoms with Crippen molar-refractivity contribution in [1.29, 1.82) is 0 Å². The third-order valence-electron chi connectivity index (χ3n) is 2.78. The van der Waals surface area contributed by atoms with Gasteiger partial charge in [0.1, 0.15) is 18.1 Å². The summed E-state index contributed by atoms with van der Waals surface area (Å²) in [5, 5.41) is 12.1. The van der Waals surface area contributed by atoms with Crippen LogP contribution in [-0.4, -0.2) is 37.6 Å². The quantitative estimate of drug-likeness (QED) is 0.725. The molecular weight excluding hydrogens is 287 g/mol. The van der Waals surface area contributed by atoms with Crippen LogP contribution in [0.5, 0.6) is 11.5 Å². The van der Waals surface area contributed by atoms with E-state index in [4.69, 9.17) is 14.6 Å². The van der Waals surface area contributed by atoms with Gasteiger partial charge in [0.05, 0.1) is 7.11 Å². The van der Waals surface area contributed by atoms with E-state index >= 15 is 0 Å². The van der Waals surface area contributed by atoms with Gasteiger partial charge in [0.2, 0.25) is 0 Å². The lowest BCUT2D eigenvalue weighted by Crippen LogP contribution is -2.34. The van der Waals surface area contributed by atoms with Gasteiger partial charge in [0.25, 0.3) is 0 Å². The monoisotopic (exact) mass is 307 g/mol. The second-order valence-electron chi connectivity index (χ2n) is 4.52. The Kier molecular flexibility index (Phi) is 6.77. The zero-order chi connectivity index (χ0) is 15.9. The van der Waals surface area contributed by atoms with Gasteiger partial charge in [-0.15, -0.1) is 0 Å². The van der Waals surface area contributed by atoms with Crippen LogP contribution in [0, 0.1) is 0 Å². The number of ether oxygens (including phenoxy) is 2. The van der Waals surface area contributed by atoms with Crippen LogP contribution >= 0.6 is 0 Å². The summed E-state index contributed by atoms with van der Waals surface area (Å²) in [6, 6.07) is 4.82. The second-order valence-corrected chi connectivity index (χ2v) is 4.52. The molecule has 0 amide bonds. The molecule has 21 heavy (non-hydrogen) atoms. The molecule has 0 aromatic heterocycles. The van der Waals surface area contributed by atoms with Crippen molar-refractivity contribution in [1.82, 2.24) is 5.32 Å². The maximum atomic E-state index is 12.3. The van der Waals surface area contributed by atoms with Crippen LogP contribution in [0.2, 0.25) is 0 Å². The van der Waals surface area contributed by atoms with Crippen molar-refractivity contribution in [2.24, 2.45) is 0 Å². The molecule has 0 radical (unpaired) electrons. The number of alkyl halides is 3. The van der Waals surface area contributed by atoms with Gasteiger partial charge < -0.3 is 19.9 Å². The van der Waals surface area contributed by atoms with Crippen molar-refractivity contribution in [3.63, 3.8) is 0 Å². The number of benzene rings is 1. The molecule has 0 aliphatic rings. The van der Waals surface area contributed by atoms with E-state index in [0.717, 1.165) is 13.0 Å². The van der Waals surface area contributed by atoms with Gasteiger partial charge in [-0.25, -0.2) is 0 Å². The molecule has 4 nitrogen and oxygen atoms in total. The summed E-state index contributed by atoms with van der Waals surface area (Å²) in [7, 11) is 1.51. The zero-order valence-electron chi connectivity index (χ0n) is 12.0. The number of aliphatic hydroxyl groups is 1. The molecule has 0 bridgehead atoms. The predicted molar refractivity (Wildman–Crippen MR) is 72.5 cm³/mol. The lowest BCUT2D eigenvalue weighted by atomic mass is 10.2. The number of halogens is 3. The predicted octanol–water partition coefficient (Wildman–Crippen LogP) is 2.50. The molecule has 1 aromatic rings. The molecular formula is C14H20F3NO3. The number of nitrogens with one attached hydrogen (secondary N) is 1. The van der Waals surface area contributed by atoms with E-state index < -0.39 is 18.9 Å². The first-order chi connectivity index (χ1) is 9.88. The molecule has 1 rings (SSSR count). The highest BCUT2D eigenvalue weighted by Gasteiger charge is 2.38. The van der Waals surface area contributed by atoms with E-state index in [0.29, 0.717) is 23.6 Å². The highest BCUT2D eigenvalue weighted by molar-refractivity contribution is 5.40. The van der Waals surface area contributed by atoms with Crippen LogP contribution in [0.1, 0.15) is 18.9 Å². The summed E-state index contributed by atoms with van der Waals surface area (Å²) >= 11 is 0. The molecule has 0 heterocycles. The number of methoxy groups -OCH3 is 1. The topological polar surface area (TPSA) is 50.7 Å². The minimum absolute atomic E-state index is 0.294. The number of rotatable bonds is 8. The Morgan fingerprint density at radius 2 is 2.05 bits per heavy atom. The minimum Gasteiger partial charge on any atom is -0.497 e. The fraction of sp³-hybridized carbons (Fsp3) is 0.571. The van der Waals surface area contributed by atoms with Crippen LogP contribution in [0.3, 0.4) is 0 Å². The lowest BCUT2D eigenvalue weighted by Gasteiger charge is -2.17. The normalized spacial score (nSPS) is 13.0. The van der Waals surface area contributed by atoms with Gasteiger partial charge >= 0.3 is 6.18 Å². The first kappa shape index (κ1) is 17.6. The zero-order valence-corrected chi connectivity index (χ0v) is 12.0. The first-order valence-electron chi connectivity index (χ1n) is 6.63. The fourth-order valence-electron chi connectivity index (χ4n) is 1.62. The maximum absolute atomic E-state index is 12.3. The summed E-state index contributed by atoms with van der Waals surface area (Å²) in [5.41, 5.74) is 0.678. The molecule has 0 saturated heterocycles. The Hall–Kier alpha value is -1.47. The van der Waals surface area contributed by atoms with Gasteiger partial charge in [-0.2, -0.15) is 13.2 Å². The second kappa shape index (κ2) is 8.09. The molecule has 0 spiro atoms. The average Bonchev–Trinajstić information content (AvgIpc) is 2.44. The van der Waals surface area contributed by atoms with Crippen molar-refractivity contribution in [3.05, 3.63) is 23.8 Å². The van der Waals surface area contributed by atoms with Crippen molar-refractivity contribution >= 4 is 0 Å². The van der Waals surface area contributed by atoms with Gasteiger partial charge in [0.15, 0.2) is 6.10 Å². The van der Waals surface area contributed by atoms with Crippen LogP contribution < -0.4 is 14.8 Å². The van der Waals surface area contributed by atoms with Gasteiger partial charge in [-0.05, 0) is 31.2 Å². The van der Waals surface area contributed by atoms with E-state index in [1.807, 2.05) is 6.92 Å². The fourth-order valence-corrected chi connectivity index (χ4v) is 1.62. The molecule has 7 heteroatoms. The van der Waals surface area contributed by atoms with Crippen LogP contribution in [0.4, 0.5) is 13.2 Å². The summed E-state index contributed by atoms with van der Waals surface area (Å²) in [5.74, 6) is 0.884. The third-order valence-corrected chi connectivity index (χ3v) is 2.78. The molecule has 0 aliphatic carbocycles. The number of aliphatic hydroxyl groups excluding tert-OH is 1. The van der Waals surface area contributed by atoms with Gasteiger partial charge in [-0.1, -0.05) is 6.92 Å². The minimum atomic E-state index is -4.69. The van der Waals surface area contributed by atoms with E-state index in [9.17, 15) is 13.2 Å². The molecule has 0 fully saturated rings. The highest BCUT2D eigenvalue weighted by atomic mass is 19.4. The van der Waals surface area contributed by atoms with E-state index in [-0.39, 0.29) is 0 Å². The molecule has 0 aliphatic heterocycles. The van der Waals surface area contributed by atoms with Gasteiger partial charge in [-0.3, -0.25) is 0 Å². The van der Waals surface area contributed by atoms with Crippen LogP contribution in [0.25, 0.3) is 0 Å². The summed E-state index contributed by atoms with van der Waals surface area (Å²) < 4.78 is 46.9. The smallest absolute Gasteiger partial charge is 0.417 e. The van der Waals surface area contributed by atoms with E-state index in [2.05, 4.69) is 5.32 Å². The number of hydrogen-bond donors (Lipinski definition) is 2. The van der Waals surface area contributed by atoms with Crippen molar-refractivity contribution in [2.45, 2.75) is 32.2 Å². The Morgan fingerprint density at radius 1 is 1.33 bits per heavy atom. The molecule has 1 unspecified atom stereocenters. The summed E-state index contributed by atoms with van der Waals surface area (Å²) in [6.45, 7) is 2.40. The largest absolute Gasteiger partial charge is 0.497 e. The van der Waals surface area contributed by atoms with Crippen molar-refractivity contribution in [2.75, 3.05) is 20.3 Å². The Labute approximate surface area is 121 Å². The Bertz CT molecular complexity index is 438. The number of hydrogen-bond acceptors (Lipinski definition) is 4. The standard InChI is InChI=1S/C14H20F3NO3/c1-3-6-18-8-10-7-11(20-2)4-5-12(10)21-9-13(19)14(15,16)17/h4-5,7,13,18-19H,3,6,8-9H2,1-2H3. The first-order valence-corrected chi connectivity index (χ1v) is 6.63. The van der Waals surface area contributed by atoms with Crippen molar-refractivity contribution < 1.29 is 27.8 Å². The molecule has 0 saturated carbocycles. The third kappa shape index (κ3) is 5.81.